The van der Waals surface area contributed by atoms with E-state index in [1.807, 2.05) is 0 Å². The quantitative estimate of drug-likeness (QED) is 0.261. The molecule has 150 valence electrons. The van der Waals surface area contributed by atoms with Gasteiger partial charge in [-0.15, -0.1) is 0 Å². The molecule has 1 N–H and O–H groups in total. The van der Waals surface area contributed by atoms with E-state index in [0.717, 1.165) is 0 Å². The summed E-state index contributed by atoms with van der Waals surface area (Å²) >= 11 is 4.06. The average Bonchev–Trinajstić information content (AvgIpc) is 2.85. The zero-order valence-corrected chi connectivity index (χ0v) is 22.0. The summed E-state index contributed by atoms with van der Waals surface area (Å²) in [4.78, 5) is 4.35. The fourth-order valence-corrected chi connectivity index (χ4v) is 24.9. The van der Waals surface area contributed by atoms with Gasteiger partial charge in [0.05, 0.1) is 0 Å². The van der Waals surface area contributed by atoms with Crippen molar-refractivity contribution in [2.45, 2.75) is 5.82 Å². The van der Waals surface area contributed by atoms with E-state index in [-0.39, 0.29) is 0 Å². The van der Waals surface area contributed by atoms with Crippen LogP contribution in [-0.2, 0) is 0 Å². The fourth-order valence-electron chi connectivity index (χ4n) is 3.53. The van der Waals surface area contributed by atoms with E-state index in [2.05, 4.69) is 147 Å². The molecule has 0 spiro atoms. The van der Waals surface area contributed by atoms with E-state index < -0.39 is 11.8 Å². The molecular weight excluding hydrogens is 534 g/mol. The molecule has 0 unspecified atom stereocenters. The van der Waals surface area contributed by atoms with Gasteiger partial charge in [0.2, 0.25) is 0 Å². The number of hydrogen-bond donors (Lipinski definition) is 1. The van der Waals surface area contributed by atoms with Crippen molar-refractivity contribution in [1.82, 2.24) is 4.86 Å². The molecule has 0 atom stereocenters. The van der Waals surface area contributed by atoms with Crippen LogP contribution < -0.4 is 26.1 Å². The molecule has 0 heterocycles. The number of hydrogen-bond acceptors (Lipinski definition) is 1. The van der Waals surface area contributed by atoms with Crippen molar-refractivity contribution in [2.75, 3.05) is 0 Å². The average molecular weight is 558 g/mol. The molecule has 5 heteroatoms. The summed E-state index contributed by atoms with van der Waals surface area (Å²) in [6.45, 7) is 0. The Labute approximate surface area is 193 Å². The third kappa shape index (κ3) is 4.36. The van der Waals surface area contributed by atoms with Gasteiger partial charge in [0.15, 0.2) is 0 Å². The van der Waals surface area contributed by atoms with E-state index in [4.69, 9.17) is 0 Å². The molecule has 0 aliphatic heterocycles. The van der Waals surface area contributed by atoms with Crippen LogP contribution in [0.15, 0.2) is 121 Å². The zero-order chi connectivity index (χ0) is 20.9. The van der Waals surface area contributed by atoms with Crippen molar-refractivity contribution >= 4 is 62.6 Å². The summed E-state index contributed by atoms with van der Waals surface area (Å²) in [7, 11) is 0. The molecule has 0 aromatic heterocycles. The van der Waals surface area contributed by atoms with Crippen molar-refractivity contribution < 1.29 is 0 Å². The predicted octanol–water partition coefficient (Wildman–Crippen LogP) is 4.49. The van der Waals surface area contributed by atoms with Gasteiger partial charge in [-0.2, -0.15) is 0 Å². The number of nitrogens with one attached hydrogen (secondary N) is 1. The van der Waals surface area contributed by atoms with Crippen LogP contribution in [0.1, 0.15) is 0 Å². The van der Waals surface area contributed by atoms with Crippen LogP contribution in [0.5, 0.6) is 0 Å². The van der Waals surface area contributed by atoms with Crippen LogP contribution in [0.25, 0.3) is 0 Å². The van der Waals surface area contributed by atoms with Gasteiger partial charge in [-0.25, -0.2) is 0 Å². The van der Waals surface area contributed by atoms with Crippen LogP contribution in [-0.4, -0.2) is 29.6 Å². The first-order chi connectivity index (χ1) is 14.7. The Bertz CT molecular complexity index is 1040. The first-order valence-electron chi connectivity index (χ1n) is 9.76. The molecule has 0 bridgehead atoms. The van der Waals surface area contributed by atoms with E-state index in [9.17, 15) is 0 Å². The van der Waals surface area contributed by atoms with E-state index in [0.29, 0.717) is 14.5 Å². The third-order valence-corrected chi connectivity index (χ3v) is 23.8. The Morgan fingerprint density at radius 3 is 1.27 bits per heavy atom. The molecule has 0 saturated carbocycles. The summed E-state index contributed by atoms with van der Waals surface area (Å²) in [6, 6.07) is 44.0. The van der Waals surface area contributed by atoms with Gasteiger partial charge in [-0.05, 0) is 0 Å². The molecular formula is C25H24NP2Se2+. The first kappa shape index (κ1) is 22.0. The number of benzene rings is 4. The summed E-state index contributed by atoms with van der Waals surface area (Å²) in [5.41, 5.74) is -1.95. The maximum absolute atomic E-state index is 4.35. The predicted molar refractivity (Wildman–Crippen MR) is 139 cm³/mol. The van der Waals surface area contributed by atoms with E-state index in [1.165, 1.54) is 21.2 Å². The third-order valence-electron chi connectivity index (χ3n) is 5.03. The molecule has 0 aliphatic rings. The standard InChI is InChI=1S/C25H24NP2Se2/c1-30-28(24-18-10-4-11-19-24,25-20-12-5-13-21-25)26-27(29,22-14-6-2-7-15-22)23-16-8-3-9-17-23/h2-21H,1H3,(H,26,29)/q+1. The van der Waals surface area contributed by atoms with Crippen LogP contribution >= 0.6 is 11.8 Å². The number of rotatable bonds is 7. The fraction of sp³-hybridized carbons (Fsp3) is 0.0400. The molecule has 1 nitrogen and oxygen atoms in total. The van der Waals surface area contributed by atoms with Gasteiger partial charge in [-0.3, -0.25) is 0 Å². The van der Waals surface area contributed by atoms with Crippen LogP contribution in [0.3, 0.4) is 0 Å². The van der Waals surface area contributed by atoms with Crippen molar-refractivity contribution in [1.29, 1.82) is 0 Å². The molecule has 30 heavy (non-hydrogen) atoms. The van der Waals surface area contributed by atoms with Crippen molar-refractivity contribution in [3.63, 3.8) is 0 Å². The second-order valence-corrected chi connectivity index (χ2v) is 21.7. The molecule has 0 saturated heterocycles. The Balaban J connectivity index is 1.96. The Morgan fingerprint density at radius 1 is 0.600 bits per heavy atom. The van der Waals surface area contributed by atoms with Gasteiger partial charge >= 0.3 is 195 Å². The second-order valence-electron chi connectivity index (χ2n) is 6.84. The molecule has 0 fully saturated rings. The minimum absolute atomic E-state index is 0.369. The van der Waals surface area contributed by atoms with E-state index in [1.54, 1.807) is 0 Å². The van der Waals surface area contributed by atoms with Gasteiger partial charge < -0.3 is 0 Å². The normalized spacial score (nSPS) is 11.9. The monoisotopic (exact) mass is 560 g/mol. The van der Waals surface area contributed by atoms with Crippen LogP contribution in [0, 0.1) is 0 Å². The van der Waals surface area contributed by atoms with Crippen molar-refractivity contribution in [2.24, 2.45) is 0 Å². The summed E-state index contributed by atoms with van der Waals surface area (Å²) < 4.78 is 0. The van der Waals surface area contributed by atoms with Gasteiger partial charge in [0, 0.05) is 0 Å². The molecule has 0 aliphatic carbocycles. The van der Waals surface area contributed by atoms with Gasteiger partial charge in [-0.1, -0.05) is 0 Å². The second kappa shape index (κ2) is 9.91. The topological polar surface area (TPSA) is 12.0 Å². The van der Waals surface area contributed by atoms with Gasteiger partial charge in [0.25, 0.3) is 0 Å². The van der Waals surface area contributed by atoms with Gasteiger partial charge in [0.1, 0.15) is 0 Å². The summed E-state index contributed by atoms with van der Waals surface area (Å²) in [6.07, 6.45) is -1.80. The van der Waals surface area contributed by atoms with Crippen LogP contribution in [0.2, 0.25) is 5.82 Å². The minimum atomic E-state index is -1.95. The Morgan fingerprint density at radius 2 is 0.933 bits per heavy atom. The summed E-state index contributed by atoms with van der Waals surface area (Å²) in [5.74, 6) is 2.38. The molecule has 0 radical (unpaired) electrons. The molecule has 4 aromatic rings. The zero-order valence-electron chi connectivity index (χ0n) is 16.8. The summed E-state index contributed by atoms with van der Waals surface area (Å²) in [5, 5.41) is 5.53. The molecule has 4 aromatic carbocycles. The van der Waals surface area contributed by atoms with Crippen molar-refractivity contribution in [3.05, 3.63) is 121 Å². The first-order valence-corrected chi connectivity index (χ1v) is 19.5. The Kier molecular flexibility index (Phi) is 7.25. The SMILES string of the molecule is C[Se][P+](NP(=[Se])(c1ccccc1)c1ccccc1)(c1ccccc1)c1ccccc1. The molecule has 4 rings (SSSR count). The molecule has 0 amide bonds. The Hall–Kier alpha value is -1.26. The van der Waals surface area contributed by atoms with Crippen molar-refractivity contribution in [3.8, 4) is 0 Å². The maximum atomic E-state index is 4.35. The van der Waals surface area contributed by atoms with E-state index >= 15 is 0 Å². The van der Waals surface area contributed by atoms with Crippen LogP contribution in [0.4, 0.5) is 0 Å².